The Labute approximate surface area is 205 Å². The molecule has 2 atom stereocenters. The van der Waals surface area contributed by atoms with Gasteiger partial charge in [0.25, 0.3) is 0 Å². The smallest absolute Gasteiger partial charge is 0.223 e. The van der Waals surface area contributed by atoms with Gasteiger partial charge < -0.3 is 19.3 Å². The Hall–Kier alpha value is -3.64. The molecule has 0 saturated carbocycles. The number of likely N-dealkylation sites (tertiary alicyclic amines) is 1. The number of benzene rings is 3. The normalized spacial score (nSPS) is 16.7. The van der Waals surface area contributed by atoms with Gasteiger partial charge in [-0.05, 0) is 48.7 Å². The summed E-state index contributed by atoms with van der Waals surface area (Å²) in [6, 6.07) is 24.1. The summed E-state index contributed by atoms with van der Waals surface area (Å²) >= 11 is 0. The van der Waals surface area contributed by atoms with Gasteiger partial charge in [0.1, 0.15) is 24.3 Å². The van der Waals surface area contributed by atoms with Crippen LogP contribution in [0.15, 0.2) is 72.8 Å². The van der Waals surface area contributed by atoms with Gasteiger partial charge in [-0.25, -0.2) is 4.98 Å². The van der Waals surface area contributed by atoms with E-state index in [-0.39, 0.29) is 18.4 Å². The molecule has 3 aromatic carbocycles. The fourth-order valence-electron chi connectivity index (χ4n) is 4.81. The average Bonchev–Trinajstić information content (AvgIpc) is 3.40. The maximum absolute atomic E-state index is 12.8. The molecule has 1 aliphatic heterocycles. The van der Waals surface area contributed by atoms with Gasteiger partial charge in [-0.3, -0.25) is 4.79 Å². The van der Waals surface area contributed by atoms with Gasteiger partial charge in [-0.1, -0.05) is 54.6 Å². The molecule has 6 heteroatoms. The van der Waals surface area contributed by atoms with Gasteiger partial charge in [0.15, 0.2) is 0 Å². The van der Waals surface area contributed by atoms with Crippen LogP contribution in [0.3, 0.4) is 0 Å². The Bertz CT molecular complexity index is 1330. The summed E-state index contributed by atoms with van der Waals surface area (Å²) in [6.45, 7) is 5.77. The van der Waals surface area contributed by atoms with Crippen molar-refractivity contribution in [2.45, 2.75) is 45.4 Å². The lowest BCUT2D eigenvalue weighted by atomic mass is 10.1. The van der Waals surface area contributed by atoms with E-state index in [4.69, 9.17) is 9.72 Å². The number of amides is 1. The van der Waals surface area contributed by atoms with Gasteiger partial charge in [-0.15, -0.1) is 0 Å². The second-order valence-electron chi connectivity index (χ2n) is 9.46. The van der Waals surface area contributed by atoms with Crippen molar-refractivity contribution in [3.05, 3.63) is 95.3 Å². The number of ether oxygens (including phenoxy) is 1. The third-order valence-corrected chi connectivity index (χ3v) is 6.65. The molecule has 1 aromatic heterocycles. The minimum absolute atomic E-state index is 0.0225. The van der Waals surface area contributed by atoms with E-state index in [1.54, 1.807) is 0 Å². The highest BCUT2D eigenvalue weighted by Gasteiger charge is 2.34. The molecule has 1 N–H and O–H groups in total. The van der Waals surface area contributed by atoms with Crippen molar-refractivity contribution in [1.82, 2.24) is 14.5 Å². The molecule has 6 nitrogen and oxygen atoms in total. The summed E-state index contributed by atoms with van der Waals surface area (Å²) in [5, 5.41) is 10.9. The van der Waals surface area contributed by atoms with Crippen LogP contribution in [0.25, 0.3) is 11.0 Å². The van der Waals surface area contributed by atoms with Crippen LogP contribution in [0.5, 0.6) is 5.75 Å². The van der Waals surface area contributed by atoms with E-state index in [2.05, 4.69) is 4.57 Å². The molecule has 0 bridgehead atoms. The van der Waals surface area contributed by atoms with Crippen LogP contribution in [0.4, 0.5) is 0 Å². The van der Waals surface area contributed by atoms with Crippen molar-refractivity contribution in [2.24, 2.45) is 0 Å². The van der Waals surface area contributed by atoms with E-state index in [0.717, 1.165) is 39.3 Å². The molecular weight excluding hydrogens is 438 g/mol. The molecule has 1 aliphatic rings. The second-order valence-corrected chi connectivity index (χ2v) is 9.46. The highest BCUT2D eigenvalue weighted by Crippen LogP contribution is 2.31. The van der Waals surface area contributed by atoms with Crippen LogP contribution < -0.4 is 4.74 Å². The summed E-state index contributed by atoms with van der Waals surface area (Å²) in [7, 11) is 0. The number of hydrogen-bond acceptors (Lipinski definition) is 4. The highest BCUT2D eigenvalue weighted by molar-refractivity contribution is 5.81. The molecule has 1 saturated heterocycles. The van der Waals surface area contributed by atoms with Crippen LogP contribution in [0.2, 0.25) is 0 Å². The van der Waals surface area contributed by atoms with Crippen LogP contribution in [-0.4, -0.2) is 44.7 Å². The number of imidazole rings is 1. The number of carbonyl (C=O) groups excluding carboxylic acids is 1. The van der Waals surface area contributed by atoms with Crippen molar-refractivity contribution in [3.8, 4) is 5.75 Å². The zero-order valence-electron chi connectivity index (χ0n) is 20.2. The maximum Gasteiger partial charge on any atom is 0.223 e. The van der Waals surface area contributed by atoms with E-state index in [0.29, 0.717) is 26.1 Å². The molecule has 5 rings (SSSR count). The number of hydrogen-bond donors (Lipinski definition) is 1. The van der Waals surface area contributed by atoms with E-state index >= 15 is 0 Å². The number of aliphatic hydroxyl groups excluding tert-OH is 1. The number of nitrogens with zero attached hydrogens (tertiary/aromatic N) is 3. The number of fused-ring (bicyclic) bond motifs is 1. The van der Waals surface area contributed by atoms with E-state index in [1.165, 1.54) is 0 Å². The van der Waals surface area contributed by atoms with Crippen molar-refractivity contribution < 1.29 is 14.6 Å². The summed E-state index contributed by atoms with van der Waals surface area (Å²) in [6.07, 6.45) is -0.297. The number of aryl methyl sites for hydroxylation is 2. The molecule has 35 heavy (non-hydrogen) atoms. The standard InChI is InChI=1S/C29H31N3O3/c1-20-12-13-21(2)27(14-20)35-19-24(33)18-32-26-11-7-6-10-25(26)30-29(32)23-15-28(34)31(17-23)16-22-8-4-3-5-9-22/h3-14,23-24,33H,15-19H2,1-2H3. The Balaban J connectivity index is 1.34. The average molecular weight is 470 g/mol. The monoisotopic (exact) mass is 469 g/mol. The zero-order chi connectivity index (χ0) is 24.4. The number of carbonyl (C=O) groups is 1. The lowest BCUT2D eigenvalue weighted by Gasteiger charge is -2.19. The first-order chi connectivity index (χ1) is 17.0. The fraction of sp³-hybridized carbons (Fsp3) is 0.310. The number of aromatic nitrogens is 2. The molecule has 2 heterocycles. The van der Waals surface area contributed by atoms with Crippen LogP contribution in [0.1, 0.15) is 34.9 Å². The van der Waals surface area contributed by atoms with E-state index in [9.17, 15) is 9.90 Å². The summed E-state index contributed by atoms with van der Waals surface area (Å²) in [4.78, 5) is 19.7. The number of para-hydroxylation sites is 2. The van der Waals surface area contributed by atoms with Crippen LogP contribution >= 0.6 is 0 Å². The van der Waals surface area contributed by atoms with Crippen LogP contribution in [-0.2, 0) is 17.9 Å². The fourth-order valence-corrected chi connectivity index (χ4v) is 4.81. The van der Waals surface area contributed by atoms with Crippen LogP contribution in [0, 0.1) is 13.8 Å². The maximum atomic E-state index is 12.8. The minimum atomic E-state index is -0.719. The number of rotatable bonds is 8. The third kappa shape index (κ3) is 5.08. The zero-order valence-corrected chi connectivity index (χ0v) is 20.2. The summed E-state index contributed by atoms with van der Waals surface area (Å²) in [5.41, 5.74) is 5.11. The van der Waals surface area contributed by atoms with Gasteiger partial charge in [-0.2, -0.15) is 0 Å². The topological polar surface area (TPSA) is 67.6 Å². The molecule has 1 amide bonds. The van der Waals surface area contributed by atoms with Gasteiger partial charge in [0.05, 0.1) is 17.6 Å². The molecule has 1 fully saturated rings. The molecule has 180 valence electrons. The molecule has 0 radical (unpaired) electrons. The van der Waals surface area contributed by atoms with E-state index in [1.807, 2.05) is 91.5 Å². The minimum Gasteiger partial charge on any atom is -0.491 e. The lowest BCUT2D eigenvalue weighted by molar-refractivity contribution is -0.128. The first kappa shape index (κ1) is 23.1. The Kier molecular flexibility index (Phi) is 6.55. The van der Waals surface area contributed by atoms with Crippen molar-refractivity contribution in [1.29, 1.82) is 0 Å². The summed E-state index contributed by atoms with van der Waals surface area (Å²) < 4.78 is 8.03. The lowest BCUT2D eigenvalue weighted by Crippen LogP contribution is -2.26. The molecule has 0 spiro atoms. The van der Waals surface area contributed by atoms with Crippen molar-refractivity contribution in [2.75, 3.05) is 13.2 Å². The second kappa shape index (κ2) is 9.92. The SMILES string of the molecule is Cc1ccc(C)c(OCC(O)Cn2c(C3CC(=O)N(Cc4ccccc4)C3)nc3ccccc32)c1. The largest absolute Gasteiger partial charge is 0.491 e. The Morgan fingerprint density at radius 2 is 1.83 bits per heavy atom. The Morgan fingerprint density at radius 3 is 2.66 bits per heavy atom. The predicted octanol–water partition coefficient (Wildman–Crippen LogP) is 4.61. The summed E-state index contributed by atoms with van der Waals surface area (Å²) in [5.74, 6) is 1.75. The highest BCUT2D eigenvalue weighted by atomic mass is 16.5. The van der Waals surface area contributed by atoms with E-state index < -0.39 is 6.10 Å². The third-order valence-electron chi connectivity index (χ3n) is 6.65. The van der Waals surface area contributed by atoms with Gasteiger partial charge in [0.2, 0.25) is 5.91 Å². The first-order valence-corrected chi connectivity index (χ1v) is 12.1. The van der Waals surface area contributed by atoms with Gasteiger partial charge >= 0.3 is 0 Å². The molecule has 0 aliphatic carbocycles. The van der Waals surface area contributed by atoms with Gasteiger partial charge in [0, 0.05) is 25.4 Å². The molecular formula is C29H31N3O3. The molecule has 2 unspecified atom stereocenters. The Morgan fingerprint density at radius 1 is 1.06 bits per heavy atom. The molecule has 4 aromatic rings. The number of aliphatic hydroxyl groups is 1. The predicted molar refractivity (Wildman–Crippen MR) is 136 cm³/mol. The quantitative estimate of drug-likeness (QED) is 0.409. The van der Waals surface area contributed by atoms with Crippen molar-refractivity contribution >= 4 is 16.9 Å². The van der Waals surface area contributed by atoms with Crippen molar-refractivity contribution in [3.63, 3.8) is 0 Å². The first-order valence-electron chi connectivity index (χ1n) is 12.1.